The van der Waals surface area contributed by atoms with Gasteiger partial charge in [0.1, 0.15) is 18.2 Å². The maximum absolute atomic E-state index is 13.7. The molecule has 3 nitrogen and oxygen atoms in total. The van der Waals surface area contributed by atoms with E-state index in [1.807, 2.05) is 0 Å². The lowest BCUT2D eigenvalue weighted by molar-refractivity contribution is 0.0696. The van der Waals surface area contributed by atoms with Crippen molar-refractivity contribution < 1.29 is 23.8 Å². The van der Waals surface area contributed by atoms with E-state index in [9.17, 15) is 18.7 Å². The van der Waals surface area contributed by atoms with Crippen LogP contribution in [0.5, 0.6) is 5.75 Å². The molecule has 0 amide bonds. The van der Waals surface area contributed by atoms with Crippen LogP contribution in [0, 0.1) is 17.7 Å². The van der Waals surface area contributed by atoms with Crippen LogP contribution in [0.1, 0.15) is 27.0 Å². The molecule has 0 aliphatic heterocycles. The van der Waals surface area contributed by atoms with E-state index < -0.39 is 18.5 Å². The fraction of sp³-hybridized carbons (Fsp3) is 0.0625. The highest BCUT2D eigenvalue weighted by Gasteiger charge is 2.07. The van der Waals surface area contributed by atoms with Gasteiger partial charge in [-0.25, -0.2) is 13.6 Å². The molecule has 0 unspecified atom stereocenters. The zero-order valence-corrected chi connectivity index (χ0v) is 10.7. The van der Waals surface area contributed by atoms with E-state index in [1.54, 1.807) is 0 Å². The lowest BCUT2D eigenvalue weighted by Crippen LogP contribution is -1.97. The molecule has 2 aromatic carbocycles. The predicted octanol–water partition coefficient (Wildman–Crippen LogP) is 3.10. The van der Waals surface area contributed by atoms with Crippen LogP contribution in [0.2, 0.25) is 0 Å². The monoisotopic (exact) mass is 288 g/mol. The van der Waals surface area contributed by atoms with E-state index in [-0.39, 0.29) is 22.4 Å². The minimum atomic E-state index is -1.23. The van der Waals surface area contributed by atoms with E-state index >= 15 is 0 Å². The number of rotatable bonds is 2. The number of aromatic carboxylic acids is 1. The van der Waals surface area contributed by atoms with Crippen molar-refractivity contribution in [3.8, 4) is 17.6 Å². The number of phenolic OH excluding ortho intramolecular Hbond substituents is 1. The first kappa shape index (κ1) is 14.5. The highest BCUT2D eigenvalue weighted by Crippen LogP contribution is 2.17. The molecule has 2 rings (SSSR count). The molecule has 106 valence electrons. The Bertz CT molecular complexity index is 758. The van der Waals surface area contributed by atoms with Gasteiger partial charge in [-0.3, -0.25) is 0 Å². The Labute approximate surface area is 119 Å². The molecule has 5 heteroatoms. The summed E-state index contributed by atoms with van der Waals surface area (Å²) in [5, 5.41) is 18.0. The molecule has 0 aliphatic carbocycles. The molecular formula is C16H10F2O3. The minimum Gasteiger partial charge on any atom is -0.508 e. The summed E-state index contributed by atoms with van der Waals surface area (Å²) in [4.78, 5) is 10.7. The number of hydrogen-bond donors (Lipinski definition) is 2. The third-order valence-corrected chi connectivity index (χ3v) is 2.78. The van der Waals surface area contributed by atoms with Crippen LogP contribution >= 0.6 is 0 Å². The van der Waals surface area contributed by atoms with Crippen LogP contribution in [0.15, 0.2) is 36.4 Å². The highest BCUT2D eigenvalue weighted by molar-refractivity contribution is 5.87. The van der Waals surface area contributed by atoms with Gasteiger partial charge in [-0.1, -0.05) is 11.8 Å². The smallest absolute Gasteiger partial charge is 0.335 e. The Morgan fingerprint density at radius 2 is 1.76 bits per heavy atom. The molecule has 0 aromatic heterocycles. The summed E-state index contributed by atoms with van der Waals surface area (Å²) in [5.74, 6) is 3.06. The molecule has 21 heavy (non-hydrogen) atoms. The quantitative estimate of drug-likeness (QED) is 0.835. The van der Waals surface area contributed by atoms with Crippen molar-refractivity contribution in [1.29, 1.82) is 0 Å². The van der Waals surface area contributed by atoms with Gasteiger partial charge in [0, 0.05) is 11.1 Å². The third-order valence-electron chi connectivity index (χ3n) is 2.78. The SMILES string of the molecule is O=C(O)c1ccc(C#Cc2ccc(O)cc2CF)c(F)c1. The van der Waals surface area contributed by atoms with Crippen molar-refractivity contribution in [2.45, 2.75) is 6.67 Å². The van der Waals surface area contributed by atoms with E-state index in [0.29, 0.717) is 5.56 Å². The van der Waals surface area contributed by atoms with Crippen molar-refractivity contribution in [3.63, 3.8) is 0 Å². The second-order valence-corrected chi connectivity index (χ2v) is 4.22. The van der Waals surface area contributed by atoms with Gasteiger partial charge in [-0.15, -0.1) is 0 Å². The van der Waals surface area contributed by atoms with Gasteiger partial charge in [0.15, 0.2) is 0 Å². The summed E-state index contributed by atoms with van der Waals surface area (Å²) < 4.78 is 26.5. The summed E-state index contributed by atoms with van der Waals surface area (Å²) in [5.41, 5.74) is 0.368. The second-order valence-electron chi connectivity index (χ2n) is 4.22. The summed E-state index contributed by atoms with van der Waals surface area (Å²) >= 11 is 0. The number of carbonyl (C=O) groups is 1. The normalized spacial score (nSPS) is 9.81. The number of carboxylic acid groups (broad SMARTS) is 1. The number of benzene rings is 2. The zero-order chi connectivity index (χ0) is 15.4. The van der Waals surface area contributed by atoms with E-state index in [4.69, 9.17) is 5.11 Å². The van der Waals surface area contributed by atoms with Gasteiger partial charge < -0.3 is 10.2 Å². The van der Waals surface area contributed by atoms with Crippen LogP contribution in [0.3, 0.4) is 0 Å². The molecule has 0 saturated heterocycles. The molecule has 0 radical (unpaired) electrons. The fourth-order valence-corrected chi connectivity index (χ4v) is 1.70. The molecule has 2 N–H and O–H groups in total. The Morgan fingerprint density at radius 3 is 2.38 bits per heavy atom. The van der Waals surface area contributed by atoms with Crippen molar-refractivity contribution in [3.05, 3.63) is 64.5 Å². The maximum Gasteiger partial charge on any atom is 0.335 e. The first-order chi connectivity index (χ1) is 10.0. The van der Waals surface area contributed by atoms with Crippen molar-refractivity contribution in [1.82, 2.24) is 0 Å². The molecule has 0 spiro atoms. The standard InChI is InChI=1S/C16H10F2O3/c17-9-13-7-14(19)6-5-10(13)1-2-11-3-4-12(16(20)21)8-15(11)18/h3-8,19H,9H2,(H,20,21). The van der Waals surface area contributed by atoms with Crippen LogP contribution in [0.25, 0.3) is 0 Å². The van der Waals surface area contributed by atoms with Crippen molar-refractivity contribution >= 4 is 5.97 Å². The van der Waals surface area contributed by atoms with Gasteiger partial charge in [-0.2, -0.15) is 0 Å². The number of carboxylic acids is 1. The van der Waals surface area contributed by atoms with Crippen LogP contribution < -0.4 is 0 Å². The van der Waals surface area contributed by atoms with Crippen molar-refractivity contribution in [2.24, 2.45) is 0 Å². The number of phenols is 1. The van der Waals surface area contributed by atoms with Gasteiger partial charge in [-0.05, 0) is 36.4 Å². The summed E-state index contributed by atoms with van der Waals surface area (Å²) in [6.07, 6.45) is 0. The summed E-state index contributed by atoms with van der Waals surface area (Å²) in [6, 6.07) is 7.39. The van der Waals surface area contributed by atoms with Crippen LogP contribution in [-0.2, 0) is 6.67 Å². The average Bonchev–Trinajstić information content (AvgIpc) is 2.46. The van der Waals surface area contributed by atoms with E-state index in [0.717, 1.165) is 6.07 Å². The van der Waals surface area contributed by atoms with Crippen LogP contribution in [-0.4, -0.2) is 16.2 Å². The molecule has 0 bridgehead atoms. The average molecular weight is 288 g/mol. The first-order valence-electron chi connectivity index (χ1n) is 5.94. The van der Waals surface area contributed by atoms with Gasteiger partial charge >= 0.3 is 5.97 Å². The molecule has 0 saturated carbocycles. The summed E-state index contributed by atoms with van der Waals surface area (Å²) in [7, 11) is 0. The molecule has 0 aliphatic rings. The predicted molar refractivity (Wildman–Crippen MR) is 72.3 cm³/mol. The number of hydrogen-bond acceptors (Lipinski definition) is 2. The van der Waals surface area contributed by atoms with E-state index in [1.165, 1.54) is 30.3 Å². The Hall–Kier alpha value is -2.87. The Kier molecular flexibility index (Phi) is 4.19. The van der Waals surface area contributed by atoms with Gasteiger partial charge in [0.25, 0.3) is 0 Å². The number of halogens is 2. The second kappa shape index (κ2) is 6.06. The van der Waals surface area contributed by atoms with Crippen molar-refractivity contribution in [2.75, 3.05) is 0 Å². The molecule has 0 fully saturated rings. The molecule has 2 aromatic rings. The van der Waals surface area contributed by atoms with Gasteiger partial charge in [0.2, 0.25) is 0 Å². The highest BCUT2D eigenvalue weighted by atomic mass is 19.1. The number of alkyl halides is 1. The topological polar surface area (TPSA) is 57.5 Å². The Morgan fingerprint density at radius 1 is 1.10 bits per heavy atom. The minimum absolute atomic E-state index is 0.0119. The molecular weight excluding hydrogens is 278 g/mol. The lowest BCUT2D eigenvalue weighted by Gasteiger charge is -2.00. The molecule has 0 heterocycles. The largest absolute Gasteiger partial charge is 0.508 e. The zero-order valence-electron chi connectivity index (χ0n) is 10.7. The fourth-order valence-electron chi connectivity index (χ4n) is 1.70. The van der Waals surface area contributed by atoms with E-state index in [2.05, 4.69) is 11.8 Å². The Balaban J connectivity index is 2.37. The number of aromatic hydroxyl groups is 1. The third kappa shape index (κ3) is 3.37. The summed E-state index contributed by atoms with van der Waals surface area (Å²) in [6.45, 7) is -0.807. The first-order valence-corrected chi connectivity index (χ1v) is 5.94. The van der Waals surface area contributed by atoms with Crippen LogP contribution in [0.4, 0.5) is 8.78 Å². The van der Waals surface area contributed by atoms with Gasteiger partial charge in [0.05, 0.1) is 11.1 Å². The molecule has 0 atom stereocenters. The lowest BCUT2D eigenvalue weighted by atomic mass is 10.1. The maximum atomic E-state index is 13.7.